The Morgan fingerprint density at radius 1 is 1.43 bits per heavy atom. The van der Waals surface area contributed by atoms with E-state index in [-0.39, 0.29) is 11.9 Å². The van der Waals surface area contributed by atoms with Gasteiger partial charge in [0.25, 0.3) is 5.91 Å². The van der Waals surface area contributed by atoms with E-state index < -0.39 is 0 Å². The molecule has 0 spiro atoms. The van der Waals surface area contributed by atoms with E-state index >= 15 is 0 Å². The summed E-state index contributed by atoms with van der Waals surface area (Å²) in [5.41, 5.74) is 2.36. The lowest BCUT2D eigenvalue weighted by molar-refractivity contribution is 0.0938. The maximum Gasteiger partial charge on any atom is 0.251 e. The molecule has 0 unspecified atom stereocenters. The zero-order valence-electron chi connectivity index (χ0n) is 12.1. The molecule has 2 heterocycles. The number of nitrogens with one attached hydrogen (secondary N) is 2. The molecule has 7 nitrogen and oxygen atoms in total. The maximum absolute atomic E-state index is 12.3. The monoisotopic (exact) mass is 284 g/mol. The number of imidazole rings is 1. The van der Waals surface area contributed by atoms with Crippen LogP contribution >= 0.6 is 0 Å². The van der Waals surface area contributed by atoms with E-state index in [4.69, 9.17) is 0 Å². The molecule has 1 aromatic carbocycles. The minimum Gasteiger partial charge on any atom is -0.342 e. The zero-order valence-corrected chi connectivity index (χ0v) is 12.1. The number of H-pyrrole nitrogens is 1. The van der Waals surface area contributed by atoms with Gasteiger partial charge in [-0.2, -0.15) is 5.10 Å². The van der Waals surface area contributed by atoms with Gasteiger partial charge in [-0.15, -0.1) is 0 Å². The minimum absolute atomic E-state index is 0.169. The SMILES string of the molecule is Cc1nc([C@H](C)NC(=O)c2ccc3c(c2)ncn3C)n[nH]1. The molecule has 3 aromatic rings. The third kappa shape index (κ3) is 2.49. The summed E-state index contributed by atoms with van der Waals surface area (Å²) in [5, 5.41) is 9.69. The Bertz CT molecular complexity index is 803. The first kappa shape index (κ1) is 13.3. The van der Waals surface area contributed by atoms with Crippen LogP contribution in [0.4, 0.5) is 0 Å². The van der Waals surface area contributed by atoms with E-state index in [1.165, 1.54) is 0 Å². The number of aromatic nitrogens is 5. The van der Waals surface area contributed by atoms with Crippen LogP contribution in [0.25, 0.3) is 11.0 Å². The zero-order chi connectivity index (χ0) is 15.0. The number of aromatic amines is 1. The van der Waals surface area contributed by atoms with Crippen LogP contribution in [0.5, 0.6) is 0 Å². The molecule has 7 heteroatoms. The number of rotatable bonds is 3. The van der Waals surface area contributed by atoms with Gasteiger partial charge in [-0.1, -0.05) is 0 Å². The molecule has 1 atom stereocenters. The van der Waals surface area contributed by atoms with Gasteiger partial charge in [0, 0.05) is 12.6 Å². The highest BCUT2D eigenvalue weighted by molar-refractivity contribution is 5.97. The van der Waals surface area contributed by atoms with Crippen molar-refractivity contribution in [2.75, 3.05) is 0 Å². The fourth-order valence-corrected chi connectivity index (χ4v) is 2.18. The van der Waals surface area contributed by atoms with Crippen molar-refractivity contribution in [2.24, 2.45) is 7.05 Å². The lowest BCUT2D eigenvalue weighted by atomic mass is 10.1. The first-order valence-corrected chi connectivity index (χ1v) is 6.65. The highest BCUT2D eigenvalue weighted by Gasteiger charge is 2.15. The number of benzene rings is 1. The predicted octanol–water partition coefficient (Wildman–Crippen LogP) is 1.49. The van der Waals surface area contributed by atoms with Gasteiger partial charge in [-0.25, -0.2) is 9.97 Å². The first-order valence-electron chi connectivity index (χ1n) is 6.65. The summed E-state index contributed by atoms with van der Waals surface area (Å²) in [6.45, 7) is 3.67. The van der Waals surface area contributed by atoms with Gasteiger partial charge in [-0.05, 0) is 32.0 Å². The van der Waals surface area contributed by atoms with E-state index in [1.54, 1.807) is 18.5 Å². The minimum atomic E-state index is -0.262. The van der Waals surface area contributed by atoms with Gasteiger partial charge >= 0.3 is 0 Å². The van der Waals surface area contributed by atoms with Crippen LogP contribution in [-0.4, -0.2) is 30.6 Å². The Labute approximate surface area is 121 Å². The Morgan fingerprint density at radius 2 is 2.24 bits per heavy atom. The van der Waals surface area contributed by atoms with Gasteiger partial charge in [0.05, 0.1) is 23.4 Å². The van der Waals surface area contributed by atoms with Crippen molar-refractivity contribution >= 4 is 16.9 Å². The molecule has 1 amide bonds. The fourth-order valence-electron chi connectivity index (χ4n) is 2.18. The lowest BCUT2D eigenvalue weighted by Gasteiger charge is -2.10. The van der Waals surface area contributed by atoms with Crippen LogP contribution in [0.15, 0.2) is 24.5 Å². The summed E-state index contributed by atoms with van der Waals surface area (Å²) in [5.74, 6) is 1.12. The number of amides is 1. The van der Waals surface area contributed by atoms with Crippen LogP contribution in [0.3, 0.4) is 0 Å². The van der Waals surface area contributed by atoms with Gasteiger partial charge in [-0.3, -0.25) is 9.89 Å². The molecule has 0 saturated heterocycles. The summed E-state index contributed by atoms with van der Waals surface area (Å²) in [7, 11) is 1.92. The third-order valence-electron chi connectivity index (χ3n) is 3.34. The number of carbonyl (C=O) groups is 1. The summed E-state index contributed by atoms with van der Waals surface area (Å²) in [6.07, 6.45) is 1.73. The van der Waals surface area contributed by atoms with Crippen molar-refractivity contribution in [2.45, 2.75) is 19.9 Å². The number of hydrogen-bond donors (Lipinski definition) is 2. The normalized spacial score (nSPS) is 12.5. The smallest absolute Gasteiger partial charge is 0.251 e. The molecule has 3 rings (SSSR count). The number of aryl methyl sites for hydroxylation is 2. The Kier molecular flexibility index (Phi) is 3.17. The average molecular weight is 284 g/mol. The van der Waals surface area contributed by atoms with Crippen LogP contribution in [-0.2, 0) is 7.05 Å². The number of fused-ring (bicyclic) bond motifs is 1. The Balaban J connectivity index is 1.80. The molecule has 0 aliphatic carbocycles. The summed E-state index contributed by atoms with van der Waals surface area (Å²) in [4.78, 5) is 20.7. The molecule has 0 fully saturated rings. The van der Waals surface area contributed by atoms with Gasteiger partial charge in [0.1, 0.15) is 5.82 Å². The molecule has 21 heavy (non-hydrogen) atoms. The topological polar surface area (TPSA) is 88.5 Å². The van der Waals surface area contributed by atoms with Crippen LogP contribution in [0.1, 0.15) is 35.0 Å². The van der Waals surface area contributed by atoms with Crippen LogP contribution in [0.2, 0.25) is 0 Å². The molecule has 2 aromatic heterocycles. The maximum atomic E-state index is 12.3. The molecule has 0 bridgehead atoms. The second-order valence-corrected chi connectivity index (χ2v) is 5.03. The predicted molar refractivity (Wildman–Crippen MR) is 77.7 cm³/mol. The summed E-state index contributed by atoms with van der Waals surface area (Å²) >= 11 is 0. The molecule has 0 aliphatic heterocycles. The van der Waals surface area contributed by atoms with Gasteiger partial charge < -0.3 is 9.88 Å². The van der Waals surface area contributed by atoms with E-state index in [0.29, 0.717) is 11.4 Å². The Hall–Kier alpha value is -2.70. The molecular formula is C14H16N6O. The molecule has 2 N–H and O–H groups in total. The van der Waals surface area contributed by atoms with Crippen LogP contribution in [0, 0.1) is 6.92 Å². The number of hydrogen-bond acceptors (Lipinski definition) is 4. The molecule has 0 saturated carbocycles. The van der Waals surface area contributed by atoms with Crippen molar-refractivity contribution in [3.63, 3.8) is 0 Å². The van der Waals surface area contributed by atoms with E-state index in [9.17, 15) is 4.79 Å². The largest absolute Gasteiger partial charge is 0.342 e. The second-order valence-electron chi connectivity index (χ2n) is 5.03. The van der Waals surface area contributed by atoms with E-state index in [0.717, 1.165) is 16.9 Å². The van der Waals surface area contributed by atoms with Gasteiger partial charge in [0.2, 0.25) is 0 Å². The number of nitrogens with zero attached hydrogens (tertiary/aromatic N) is 4. The van der Waals surface area contributed by atoms with Crippen molar-refractivity contribution in [3.8, 4) is 0 Å². The van der Waals surface area contributed by atoms with Crippen molar-refractivity contribution in [1.29, 1.82) is 0 Å². The van der Waals surface area contributed by atoms with Crippen molar-refractivity contribution in [1.82, 2.24) is 30.0 Å². The second kappa shape index (κ2) is 5.01. The lowest BCUT2D eigenvalue weighted by Crippen LogP contribution is -2.27. The molecular weight excluding hydrogens is 268 g/mol. The molecule has 0 aliphatic rings. The van der Waals surface area contributed by atoms with Crippen LogP contribution < -0.4 is 5.32 Å². The average Bonchev–Trinajstić information content (AvgIpc) is 3.05. The first-order chi connectivity index (χ1) is 10.0. The van der Waals surface area contributed by atoms with Crippen molar-refractivity contribution < 1.29 is 4.79 Å². The summed E-state index contributed by atoms with van der Waals surface area (Å²) < 4.78 is 1.91. The summed E-state index contributed by atoms with van der Waals surface area (Å²) in [6, 6.07) is 5.19. The standard InChI is InChI=1S/C14H16N6O/c1-8(13-17-9(2)18-19-13)16-14(21)10-4-5-12-11(6-10)15-7-20(12)3/h4-8H,1-3H3,(H,16,21)(H,17,18,19)/t8-/m0/s1. The highest BCUT2D eigenvalue weighted by Crippen LogP contribution is 2.15. The van der Waals surface area contributed by atoms with Crippen molar-refractivity contribution in [3.05, 3.63) is 41.7 Å². The fraction of sp³-hybridized carbons (Fsp3) is 0.286. The highest BCUT2D eigenvalue weighted by atomic mass is 16.1. The van der Waals surface area contributed by atoms with E-state index in [2.05, 4.69) is 25.5 Å². The Morgan fingerprint density at radius 3 is 2.95 bits per heavy atom. The molecule has 0 radical (unpaired) electrons. The number of carbonyl (C=O) groups excluding carboxylic acids is 1. The molecule has 108 valence electrons. The van der Waals surface area contributed by atoms with Gasteiger partial charge in [0.15, 0.2) is 5.82 Å². The quantitative estimate of drug-likeness (QED) is 0.762. The van der Waals surface area contributed by atoms with E-state index in [1.807, 2.05) is 31.5 Å². The third-order valence-corrected chi connectivity index (χ3v) is 3.34.